The average molecular weight is 334 g/mol. The Morgan fingerprint density at radius 2 is 2.32 bits per heavy atom. The maximum atomic E-state index is 6.00. The predicted octanol–water partition coefficient (Wildman–Crippen LogP) is 3.67. The summed E-state index contributed by atoms with van der Waals surface area (Å²) in [7, 11) is 0. The smallest absolute Gasteiger partial charge is 0.160 e. The summed E-state index contributed by atoms with van der Waals surface area (Å²) in [6.07, 6.45) is 1.67. The number of thioether (sulfide) groups is 2. The van der Waals surface area contributed by atoms with Crippen LogP contribution in [-0.4, -0.2) is 37.0 Å². The highest BCUT2D eigenvalue weighted by Crippen LogP contribution is 2.27. The topological polar surface area (TPSA) is 30.7 Å². The number of rotatable bonds is 3. The van der Waals surface area contributed by atoms with Gasteiger partial charge in [0.1, 0.15) is 11.3 Å². The first-order chi connectivity index (χ1) is 9.28. The quantitative estimate of drug-likeness (QED) is 0.802. The van der Waals surface area contributed by atoms with Crippen LogP contribution in [0.15, 0.2) is 12.3 Å². The van der Waals surface area contributed by atoms with E-state index in [1.807, 2.05) is 29.6 Å². The Hall–Kier alpha value is -0.100. The molecule has 0 aliphatic carbocycles. The molecule has 102 valence electrons. The molecule has 2 aromatic heterocycles. The standard InChI is InChI=1S/C12H13Cl2N3S2/c13-4-11-16-10-3-8(14)5-15-12(10)17(11)6-9-7-18-1-2-19-9/h3,5,9H,1-2,4,6-7H2. The molecule has 1 saturated heterocycles. The molecule has 2 aromatic rings. The minimum Gasteiger partial charge on any atom is -0.311 e. The van der Waals surface area contributed by atoms with E-state index in [0.717, 1.165) is 23.5 Å². The van der Waals surface area contributed by atoms with Gasteiger partial charge in [0.2, 0.25) is 0 Å². The number of hydrogen-bond acceptors (Lipinski definition) is 4. The molecule has 0 saturated carbocycles. The highest BCUT2D eigenvalue weighted by Gasteiger charge is 2.19. The van der Waals surface area contributed by atoms with E-state index in [1.54, 1.807) is 6.20 Å². The van der Waals surface area contributed by atoms with Crippen LogP contribution in [0.2, 0.25) is 5.02 Å². The maximum absolute atomic E-state index is 6.00. The fourth-order valence-corrected chi connectivity index (χ4v) is 5.18. The molecule has 0 aromatic carbocycles. The first-order valence-electron chi connectivity index (χ1n) is 6.04. The summed E-state index contributed by atoms with van der Waals surface area (Å²) >= 11 is 16.0. The van der Waals surface area contributed by atoms with Crippen molar-refractivity contribution in [2.75, 3.05) is 17.3 Å². The van der Waals surface area contributed by atoms with Crippen molar-refractivity contribution in [3.8, 4) is 0 Å². The Balaban J connectivity index is 1.95. The van der Waals surface area contributed by atoms with E-state index in [9.17, 15) is 0 Å². The number of nitrogens with zero attached hydrogens (tertiary/aromatic N) is 3. The molecule has 1 aliphatic heterocycles. The van der Waals surface area contributed by atoms with Crippen LogP contribution in [0.5, 0.6) is 0 Å². The molecular weight excluding hydrogens is 321 g/mol. The second kappa shape index (κ2) is 6.12. The van der Waals surface area contributed by atoms with Crippen LogP contribution in [0.4, 0.5) is 0 Å². The molecule has 1 atom stereocenters. The molecule has 7 heteroatoms. The number of halogens is 2. The minimum atomic E-state index is 0.401. The zero-order chi connectivity index (χ0) is 13.2. The summed E-state index contributed by atoms with van der Waals surface area (Å²) in [4.78, 5) is 8.93. The van der Waals surface area contributed by atoms with Gasteiger partial charge < -0.3 is 4.57 Å². The van der Waals surface area contributed by atoms with Gasteiger partial charge in [0.05, 0.1) is 10.9 Å². The fourth-order valence-electron chi connectivity index (χ4n) is 2.17. The van der Waals surface area contributed by atoms with Gasteiger partial charge in [0, 0.05) is 35.3 Å². The molecule has 1 fully saturated rings. The lowest BCUT2D eigenvalue weighted by molar-refractivity contribution is 0.681. The van der Waals surface area contributed by atoms with Gasteiger partial charge in [-0.3, -0.25) is 0 Å². The maximum Gasteiger partial charge on any atom is 0.160 e. The third-order valence-corrected chi connectivity index (χ3v) is 6.29. The molecular formula is C12H13Cl2N3S2. The molecule has 3 nitrogen and oxygen atoms in total. The van der Waals surface area contributed by atoms with Crippen molar-refractivity contribution in [1.29, 1.82) is 0 Å². The number of alkyl halides is 1. The zero-order valence-electron chi connectivity index (χ0n) is 10.2. The molecule has 1 aliphatic rings. The van der Waals surface area contributed by atoms with E-state index >= 15 is 0 Å². The molecule has 0 bridgehead atoms. The second-order valence-corrected chi connectivity index (χ2v) is 7.60. The van der Waals surface area contributed by atoms with E-state index in [1.165, 1.54) is 17.3 Å². The third-order valence-electron chi connectivity index (χ3n) is 3.02. The first-order valence-corrected chi connectivity index (χ1v) is 9.15. The summed E-state index contributed by atoms with van der Waals surface area (Å²) in [6.45, 7) is 0.921. The lowest BCUT2D eigenvalue weighted by atomic mass is 10.4. The molecule has 3 rings (SSSR count). The van der Waals surface area contributed by atoms with Crippen molar-refractivity contribution in [2.24, 2.45) is 0 Å². The molecule has 3 heterocycles. The van der Waals surface area contributed by atoms with E-state index in [4.69, 9.17) is 23.2 Å². The van der Waals surface area contributed by atoms with Gasteiger partial charge in [-0.1, -0.05) is 11.6 Å². The summed E-state index contributed by atoms with van der Waals surface area (Å²) in [5.74, 6) is 4.93. The van der Waals surface area contributed by atoms with Crippen LogP contribution in [0.3, 0.4) is 0 Å². The van der Waals surface area contributed by atoms with Crippen molar-refractivity contribution in [3.05, 3.63) is 23.1 Å². The molecule has 1 unspecified atom stereocenters. The van der Waals surface area contributed by atoms with E-state index in [0.29, 0.717) is 16.2 Å². The molecule has 0 N–H and O–H groups in total. The predicted molar refractivity (Wildman–Crippen MR) is 85.7 cm³/mol. The average Bonchev–Trinajstić information content (AvgIpc) is 2.77. The van der Waals surface area contributed by atoms with Crippen molar-refractivity contribution < 1.29 is 0 Å². The van der Waals surface area contributed by atoms with Gasteiger partial charge in [0.25, 0.3) is 0 Å². The van der Waals surface area contributed by atoms with E-state index in [2.05, 4.69) is 14.5 Å². The van der Waals surface area contributed by atoms with Gasteiger partial charge in [-0.15, -0.1) is 11.6 Å². The van der Waals surface area contributed by atoms with Crippen molar-refractivity contribution >= 4 is 57.9 Å². The van der Waals surface area contributed by atoms with Crippen LogP contribution in [-0.2, 0) is 12.4 Å². The molecule has 19 heavy (non-hydrogen) atoms. The zero-order valence-corrected chi connectivity index (χ0v) is 13.3. The van der Waals surface area contributed by atoms with Gasteiger partial charge in [-0.2, -0.15) is 23.5 Å². The highest BCUT2D eigenvalue weighted by atomic mass is 35.5. The third kappa shape index (κ3) is 2.99. The Morgan fingerprint density at radius 3 is 3.05 bits per heavy atom. The van der Waals surface area contributed by atoms with Crippen LogP contribution in [0.1, 0.15) is 5.82 Å². The summed E-state index contributed by atoms with van der Waals surface area (Å²) < 4.78 is 2.14. The van der Waals surface area contributed by atoms with Crippen LogP contribution in [0.25, 0.3) is 11.2 Å². The molecule has 0 radical (unpaired) electrons. The number of aromatic nitrogens is 3. The van der Waals surface area contributed by atoms with Crippen molar-refractivity contribution in [1.82, 2.24) is 14.5 Å². The Morgan fingerprint density at radius 1 is 1.42 bits per heavy atom. The number of fused-ring (bicyclic) bond motifs is 1. The van der Waals surface area contributed by atoms with Crippen molar-refractivity contribution in [3.63, 3.8) is 0 Å². The van der Waals surface area contributed by atoms with Crippen LogP contribution in [0, 0.1) is 0 Å². The first kappa shape index (κ1) is 13.9. The van der Waals surface area contributed by atoms with E-state index in [-0.39, 0.29) is 0 Å². The normalized spacial score (nSPS) is 20.0. The van der Waals surface area contributed by atoms with Crippen LogP contribution >= 0.6 is 46.7 Å². The van der Waals surface area contributed by atoms with Gasteiger partial charge in [-0.05, 0) is 6.07 Å². The van der Waals surface area contributed by atoms with Gasteiger partial charge in [0.15, 0.2) is 5.65 Å². The monoisotopic (exact) mass is 333 g/mol. The Kier molecular flexibility index (Phi) is 4.47. The lowest BCUT2D eigenvalue weighted by Crippen LogP contribution is -2.21. The van der Waals surface area contributed by atoms with Gasteiger partial charge in [-0.25, -0.2) is 9.97 Å². The highest BCUT2D eigenvalue weighted by molar-refractivity contribution is 8.06. The molecule has 0 spiro atoms. The van der Waals surface area contributed by atoms with Crippen LogP contribution < -0.4 is 0 Å². The lowest BCUT2D eigenvalue weighted by Gasteiger charge is -2.22. The second-order valence-electron chi connectivity index (χ2n) is 4.34. The summed E-state index contributed by atoms with van der Waals surface area (Å²) in [6, 6.07) is 1.85. The molecule has 0 amide bonds. The van der Waals surface area contributed by atoms with Gasteiger partial charge >= 0.3 is 0 Å². The Labute approximate surface area is 130 Å². The fraction of sp³-hybridized carbons (Fsp3) is 0.500. The Bertz CT molecular complexity index is 582. The minimum absolute atomic E-state index is 0.401. The largest absolute Gasteiger partial charge is 0.311 e. The summed E-state index contributed by atoms with van der Waals surface area (Å²) in [5.41, 5.74) is 1.72. The van der Waals surface area contributed by atoms with Crippen molar-refractivity contribution in [2.45, 2.75) is 17.7 Å². The number of pyridine rings is 1. The summed E-state index contributed by atoms with van der Waals surface area (Å²) in [5, 5.41) is 1.22. The number of imidazole rings is 1. The van der Waals surface area contributed by atoms with E-state index < -0.39 is 0 Å². The number of hydrogen-bond donors (Lipinski definition) is 0. The SMILES string of the molecule is ClCc1nc2cc(Cl)cnc2n1CC1CSCCS1.